The molecule has 1 aliphatic rings. The van der Waals surface area contributed by atoms with Gasteiger partial charge in [-0.25, -0.2) is 9.97 Å². The minimum atomic E-state index is 0.532. The zero-order valence-corrected chi connectivity index (χ0v) is 7.83. The van der Waals surface area contributed by atoms with Gasteiger partial charge in [0.2, 0.25) is 0 Å². The van der Waals surface area contributed by atoms with Crippen molar-refractivity contribution < 1.29 is 0 Å². The van der Waals surface area contributed by atoms with Gasteiger partial charge in [0.25, 0.3) is 0 Å². The quantitative estimate of drug-likeness (QED) is 0.703. The molecule has 3 heterocycles. The summed E-state index contributed by atoms with van der Waals surface area (Å²) in [7, 11) is 0. The molecule has 0 bridgehead atoms. The molecular weight excluding hydrogens is 176 g/mol. The van der Waals surface area contributed by atoms with E-state index in [1.165, 1.54) is 6.42 Å². The molecule has 1 aliphatic heterocycles. The lowest BCUT2D eigenvalue weighted by atomic mass is 10.1. The first-order valence-corrected chi connectivity index (χ1v) is 4.95. The van der Waals surface area contributed by atoms with E-state index in [1.54, 1.807) is 6.20 Å². The largest absolute Gasteiger partial charge is 0.340 e. The molecule has 0 amide bonds. The van der Waals surface area contributed by atoms with Gasteiger partial charge in [0.1, 0.15) is 5.82 Å². The Balaban J connectivity index is 2.05. The Hall–Kier alpha value is -1.42. The molecular formula is C10H12N4. The first-order chi connectivity index (χ1) is 6.93. The number of fused-ring (bicyclic) bond motifs is 1. The molecule has 1 atom stereocenters. The second-order valence-corrected chi connectivity index (χ2v) is 3.69. The number of aromatic nitrogens is 3. The zero-order valence-electron chi connectivity index (χ0n) is 7.83. The molecule has 1 unspecified atom stereocenters. The Labute approximate surface area is 81.8 Å². The highest BCUT2D eigenvalue weighted by molar-refractivity contribution is 5.70. The van der Waals surface area contributed by atoms with Gasteiger partial charge < -0.3 is 10.3 Å². The third kappa shape index (κ3) is 1.19. The molecule has 0 aromatic carbocycles. The maximum atomic E-state index is 4.49. The normalized spacial score (nSPS) is 21.9. The van der Waals surface area contributed by atoms with E-state index in [2.05, 4.69) is 20.3 Å². The SMILES string of the molecule is c1cnc2nc(C3CCNC3)[nH]c2c1. The highest BCUT2D eigenvalue weighted by Crippen LogP contribution is 2.21. The highest BCUT2D eigenvalue weighted by atomic mass is 15.0. The number of nitrogens with one attached hydrogen (secondary N) is 2. The van der Waals surface area contributed by atoms with Gasteiger partial charge in [-0.3, -0.25) is 0 Å². The Morgan fingerprint density at radius 3 is 3.21 bits per heavy atom. The smallest absolute Gasteiger partial charge is 0.177 e. The molecule has 2 aromatic rings. The van der Waals surface area contributed by atoms with Crippen molar-refractivity contribution in [2.24, 2.45) is 0 Å². The van der Waals surface area contributed by atoms with Crippen molar-refractivity contribution in [3.63, 3.8) is 0 Å². The van der Waals surface area contributed by atoms with Gasteiger partial charge in [-0.15, -0.1) is 0 Å². The average molecular weight is 188 g/mol. The van der Waals surface area contributed by atoms with Gasteiger partial charge in [-0.1, -0.05) is 0 Å². The summed E-state index contributed by atoms with van der Waals surface area (Å²) in [6, 6.07) is 3.94. The summed E-state index contributed by atoms with van der Waals surface area (Å²) in [5, 5.41) is 3.33. The van der Waals surface area contributed by atoms with Gasteiger partial charge in [-0.05, 0) is 25.1 Å². The molecule has 2 aromatic heterocycles. The maximum absolute atomic E-state index is 4.49. The number of rotatable bonds is 1. The summed E-state index contributed by atoms with van der Waals surface area (Å²) in [6.45, 7) is 2.12. The second kappa shape index (κ2) is 3.06. The number of hydrogen-bond acceptors (Lipinski definition) is 3. The van der Waals surface area contributed by atoms with Crippen molar-refractivity contribution in [2.45, 2.75) is 12.3 Å². The Kier molecular flexibility index (Phi) is 1.73. The van der Waals surface area contributed by atoms with Crippen LogP contribution < -0.4 is 5.32 Å². The summed E-state index contributed by atoms with van der Waals surface area (Å²) in [4.78, 5) is 12.0. The van der Waals surface area contributed by atoms with E-state index in [0.29, 0.717) is 5.92 Å². The number of imidazole rings is 1. The van der Waals surface area contributed by atoms with E-state index >= 15 is 0 Å². The van der Waals surface area contributed by atoms with E-state index in [4.69, 9.17) is 0 Å². The molecule has 1 saturated heterocycles. The fraction of sp³-hybridized carbons (Fsp3) is 0.400. The molecule has 0 aliphatic carbocycles. The van der Waals surface area contributed by atoms with Crippen LogP contribution in [0, 0.1) is 0 Å². The summed E-state index contributed by atoms with van der Waals surface area (Å²) < 4.78 is 0. The predicted molar refractivity (Wildman–Crippen MR) is 54.1 cm³/mol. The zero-order chi connectivity index (χ0) is 9.38. The first-order valence-electron chi connectivity index (χ1n) is 4.95. The van der Waals surface area contributed by atoms with E-state index in [1.807, 2.05) is 12.1 Å². The van der Waals surface area contributed by atoms with Crippen molar-refractivity contribution in [3.05, 3.63) is 24.2 Å². The number of nitrogens with zero attached hydrogens (tertiary/aromatic N) is 2. The van der Waals surface area contributed by atoms with Crippen LogP contribution in [0.2, 0.25) is 0 Å². The summed E-state index contributed by atoms with van der Waals surface area (Å²) in [5.74, 6) is 1.60. The van der Waals surface area contributed by atoms with Crippen LogP contribution in [0.1, 0.15) is 18.2 Å². The molecule has 2 N–H and O–H groups in total. The fourth-order valence-corrected chi connectivity index (χ4v) is 1.95. The van der Waals surface area contributed by atoms with Crippen molar-refractivity contribution in [3.8, 4) is 0 Å². The van der Waals surface area contributed by atoms with Gasteiger partial charge in [0.05, 0.1) is 5.52 Å². The number of H-pyrrole nitrogens is 1. The Morgan fingerprint density at radius 2 is 2.43 bits per heavy atom. The third-order valence-electron chi connectivity index (χ3n) is 2.72. The van der Waals surface area contributed by atoms with Crippen LogP contribution in [0.25, 0.3) is 11.2 Å². The minimum absolute atomic E-state index is 0.532. The first kappa shape index (κ1) is 7.94. The van der Waals surface area contributed by atoms with Crippen LogP contribution in [0.15, 0.2) is 18.3 Å². The van der Waals surface area contributed by atoms with E-state index in [-0.39, 0.29) is 0 Å². The average Bonchev–Trinajstić information content (AvgIpc) is 2.86. The van der Waals surface area contributed by atoms with Gasteiger partial charge in [-0.2, -0.15) is 0 Å². The van der Waals surface area contributed by atoms with Crippen molar-refractivity contribution in [2.75, 3.05) is 13.1 Å². The van der Waals surface area contributed by atoms with Crippen molar-refractivity contribution in [1.82, 2.24) is 20.3 Å². The number of hydrogen-bond donors (Lipinski definition) is 2. The summed E-state index contributed by atoms with van der Waals surface area (Å²) >= 11 is 0. The molecule has 1 fully saturated rings. The number of pyridine rings is 1. The minimum Gasteiger partial charge on any atom is -0.340 e. The molecule has 0 radical (unpaired) electrons. The summed E-state index contributed by atoms with van der Waals surface area (Å²) in [6.07, 6.45) is 2.94. The molecule has 3 rings (SSSR count). The molecule has 0 spiro atoms. The topological polar surface area (TPSA) is 53.6 Å². The standard InChI is InChI=1S/C10H12N4/c1-2-8-10(12-4-1)14-9(13-8)7-3-5-11-6-7/h1-2,4,7,11H,3,5-6H2,(H,12,13,14). The monoisotopic (exact) mass is 188 g/mol. The van der Waals surface area contributed by atoms with Crippen LogP contribution in [0.4, 0.5) is 0 Å². The van der Waals surface area contributed by atoms with E-state index < -0.39 is 0 Å². The van der Waals surface area contributed by atoms with Crippen LogP contribution in [-0.4, -0.2) is 28.0 Å². The molecule has 14 heavy (non-hydrogen) atoms. The van der Waals surface area contributed by atoms with Gasteiger partial charge in [0, 0.05) is 18.7 Å². The lowest BCUT2D eigenvalue weighted by Gasteiger charge is -2.01. The molecule has 72 valence electrons. The lowest BCUT2D eigenvalue weighted by Crippen LogP contribution is -2.08. The summed E-state index contributed by atoms with van der Waals surface area (Å²) in [5.41, 5.74) is 1.86. The van der Waals surface area contributed by atoms with Crippen molar-refractivity contribution >= 4 is 11.2 Å². The van der Waals surface area contributed by atoms with Crippen molar-refractivity contribution in [1.29, 1.82) is 0 Å². The maximum Gasteiger partial charge on any atom is 0.177 e. The third-order valence-corrected chi connectivity index (χ3v) is 2.72. The number of aromatic amines is 1. The van der Waals surface area contributed by atoms with Crippen LogP contribution >= 0.6 is 0 Å². The Bertz CT molecular complexity index is 409. The van der Waals surface area contributed by atoms with Crippen LogP contribution in [0.5, 0.6) is 0 Å². The Morgan fingerprint density at radius 1 is 1.43 bits per heavy atom. The predicted octanol–water partition coefficient (Wildman–Crippen LogP) is 1.03. The fourth-order valence-electron chi connectivity index (χ4n) is 1.95. The highest BCUT2D eigenvalue weighted by Gasteiger charge is 2.19. The van der Waals surface area contributed by atoms with E-state index in [0.717, 1.165) is 30.1 Å². The molecule has 4 heteroatoms. The van der Waals surface area contributed by atoms with Crippen LogP contribution in [0.3, 0.4) is 0 Å². The van der Waals surface area contributed by atoms with E-state index in [9.17, 15) is 0 Å². The lowest BCUT2D eigenvalue weighted by molar-refractivity contribution is 0.717. The molecule has 4 nitrogen and oxygen atoms in total. The van der Waals surface area contributed by atoms with Gasteiger partial charge >= 0.3 is 0 Å². The van der Waals surface area contributed by atoms with Crippen LogP contribution in [-0.2, 0) is 0 Å². The molecule has 0 saturated carbocycles. The van der Waals surface area contributed by atoms with Gasteiger partial charge in [0.15, 0.2) is 5.65 Å². The second-order valence-electron chi connectivity index (χ2n) is 3.69.